The normalized spacial score (nSPS) is 15.2. The molecule has 0 saturated carbocycles. The maximum absolute atomic E-state index is 13.1. The number of nitrogens with zero attached hydrogens (tertiary/aromatic N) is 3. The van der Waals surface area contributed by atoms with Crippen LogP contribution in [0, 0.1) is 0 Å². The van der Waals surface area contributed by atoms with Gasteiger partial charge in [0, 0.05) is 25.2 Å². The molecular formula is C23H27N5O4S. The minimum absolute atomic E-state index is 0.0892. The highest BCUT2D eigenvalue weighted by Crippen LogP contribution is 2.21. The highest BCUT2D eigenvalue weighted by Gasteiger charge is 2.25. The topological polar surface area (TPSA) is 113 Å². The number of carbonyl (C=O) groups excluding carboxylic acids is 1. The Kier molecular flexibility index (Phi) is 6.75. The van der Waals surface area contributed by atoms with Gasteiger partial charge in [0.2, 0.25) is 16.0 Å². The van der Waals surface area contributed by atoms with Crippen LogP contribution in [0.4, 0.5) is 5.95 Å². The number of fused-ring (bicyclic) bond motifs is 1. The number of para-hydroxylation sites is 1. The van der Waals surface area contributed by atoms with E-state index in [1.54, 1.807) is 36.4 Å². The third-order valence-corrected chi connectivity index (χ3v) is 7.66. The number of amides is 1. The van der Waals surface area contributed by atoms with E-state index in [2.05, 4.69) is 15.8 Å². The summed E-state index contributed by atoms with van der Waals surface area (Å²) in [5, 5.41) is 0.489. The van der Waals surface area contributed by atoms with Crippen LogP contribution in [0.5, 0.6) is 0 Å². The number of benzene rings is 2. The van der Waals surface area contributed by atoms with Crippen LogP contribution in [0.15, 0.2) is 58.2 Å². The van der Waals surface area contributed by atoms with Gasteiger partial charge in [-0.3, -0.25) is 25.0 Å². The van der Waals surface area contributed by atoms with Gasteiger partial charge in [-0.25, -0.2) is 13.4 Å². The van der Waals surface area contributed by atoms with Gasteiger partial charge in [-0.2, -0.15) is 4.31 Å². The van der Waals surface area contributed by atoms with E-state index in [1.165, 1.54) is 21.0 Å². The summed E-state index contributed by atoms with van der Waals surface area (Å²) in [5.41, 5.74) is 5.72. The number of hydrogen-bond donors (Lipinski definition) is 2. The SMILES string of the molecule is CCn1c(NNC(=O)c2cccc(S(=O)(=O)N3CCCCCC3)c2)nc2ccccc2c1=O. The molecule has 0 unspecified atom stereocenters. The van der Waals surface area contributed by atoms with E-state index in [4.69, 9.17) is 0 Å². The lowest BCUT2D eigenvalue weighted by Crippen LogP contribution is -2.35. The molecule has 3 aromatic rings. The molecule has 1 amide bonds. The van der Waals surface area contributed by atoms with Crippen molar-refractivity contribution in [1.82, 2.24) is 19.3 Å². The van der Waals surface area contributed by atoms with E-state index >= 15 is 0 Å². The van der Waals surface area contributed by atoms with Crippen molar-refractivity contribution < 1.29 is 13.2 Å². The summed E-state index contributed by atoms with van der Waals surface area (Å²) >= 11 is 0. The van der Waals surface area contributed by atoms with Gasteiger partial charge in [-0.15, -0.1) is 0 Å². The molecule has 0 spiro atoms. The molecule has 1 fully saturated rings. The molecule has 4 rings (SSSR count). The number of nitrogens with one attached hydrogen (secondary N) is 2. The molecule has 174 valence electrons. The molecule has 0 bridgehead atoms. The summed E-state index contributed by atoms with van der Waals surface area (Å²) in [6, 6.07) is 12.9. The van der Waals surface area contributed by atoms with E-state index in [-0.39, 0.29) is 22.0 Å². The number of hydrazine groups is 1. The quantitative estimate of drug-likeness (QED) is 0.537. The van der Waals surface area contributed by atoms with Crippen molar-refractivity contribution >= 4 is 32.8 Å². The van der Waals surface area contributed by atoms with Crippen LogP contribution in [0.2, 0.25) is 0 Å². The second-order valence-electron chi connectivity index (χ2n) is 7.93. The van der Waals surface area contributed by atoms with Crippen molar-refractivity contribution in [2.45, 2.75) is 44.0 Å². The van der Waals surface area contributed by atoms with Crippen LogP contribution in [0.3, 0.4) is 0 Å². The van der Waals surface area contributed by atoms with Gasteiger partial charge in [-0.1, -0.05) is 31.0 Å². The fourth-order valence-corrected chi connectivity index (χ4v) is 5.53. The van der Waals surface area contributed by atoms with Crippen LogP contribution in [0.25, 0.3) is 10.9 Å². The molecule has 10 heteroatoms. The summed E-state index contributed by atoms with van der Waals surface area (Å²) in [6.45, 7) is 3.14. The van der Waals surface area contributed by atoms with Gasteiger partial charge < -0.3 is 0 Å². The highest BCUT2D eigenvalue weighted by atomic mass is 32.2. The zero-order valence-corrected chi connectivity index (χ0v) is 19.3. The first-order valence-electron chi connectivity index (χ1n) is 11.1. The average Bonchev–Trinajstić information content (AvgIpc) is 3.13. The third kappa shape index (κ3) is 4.76. The lowest BCUT2D eigenvalue weighted by atomic mass is 10.2. The van der Waals surface area contributed by atoms with E-state index in [0.29, 0.717) is 30.5 Å². The summed E-state index contributed by atoms with van der Waals surface area (Å²) < 4.78 is 29.1. The molecule has 2 N–H and O–H groups in total. The van der Waals surface area contributed by atoms with Gasteiger partial charge >= 0.3 is 0 Å². The minimum atomic E-state index is -3.67. The first-order valence-corrected chi connectivity index (χ1v) is 12.5. The highest BCUT2D eigenvalue weighted by molar-refractivity contribution is 7.89. The third-order valence-electron chi connectivity index (χ3n) is 5.76. The fraction of sp³-hybridized carbons (Fsp3) is 0.348. The Morgan fingerprint density at radius 2 is 1.76 bits per heavy atom. The van der Waals surface area contributed by atoms with Crippen LogP contribution in [-0.2, 0) is 16.6 Å². The molecule has 2 aromatic carbocycles. The fourth-order valence-electron chi connectivity index (χ4n) is 3.97. The Balaban J connectivity index is 1.55. The molecule has 9 nitrogen and oxygen atoms in total. The van der Waals surface area contributed by atoms with Gasteiger partial charge in [0.15, 0.2) is 0 Å². The van der Waals surface area contributed by atoms with E-state index in [1.807, 2.05) is 6.92 Å². The second kappa shape index (κ2) is 9.72. The Hall–Kier alpha value is -3.24. The monoisotopic (exact) mass is 469 g/mol. The lowest BCUT2D eigenvalue weighted by Gasteiger charge is -2.20. The molecule has 1 saturated heterocycles. The molecule has 1 aromatic heterocycles. The standard InChI is InChI=1S/C23H27N5O4S/c1-2-28-22(30)19-12-5-6-13-20(19)24-23(28)26-25-21(29)17-10-9-11-18(16-17)33(31,32)27-14-7-3-4-8-15-27/h5-6,9-13,16H,2-4,7-8,14-15H2,1H3,(H,24,26)(H,25,29). The minimum Gasteiger partial charge on any atom is -0.277 e. The Morgan fingerprint density at radius 1 is 1.03 bits per heavy atom. The Labute approximate surface area is 192 Å². The van der Waals surface area contributed by atoms with E-state index in [0.717, 1.165) is 25.7 Å². The predicted molar refractivity (Wildman–Crippen MR) is 126 cm³/mol. The zero-order chi connectivity index (χ0) is 23.4. The van der Waals surface area contributed by atoms with Crippen LogP contribution < -0.4 is 16.4 Å². The van der Waals surface area contributed by atoms with Crippen molar-refractivity contribution in [2.75, 3.05) is 18.5 Å². The molecule has 1 aliphatic rings. The van der Waals surface area contributed by atoms with Gasteiger partial charge in [0.1, 0.15) is 0 Å². The van der Waals surface area contributed by atoms with E-state index in [9.17, 15) is 18.0 Å². The number of sulfonamides is 1. The average molecular weight is 470 g/mol. The Bertz CT molecular complexity index is 1330. The summed E-state index contributed by atoms with van der Waals surface area (Å²) in [5.74, 6) is -0.337. The summed E-state index contributed by atoms with van der Waals surface area (Å²) in [7, 11) is -3.67. The molecule has 0 atom stereocenters. The molecule has 1 aliphatic heterocycles. The number of carbonyl (C=O) groups is 1. The number of aromatic nitrogens is 2. The molecule has 0 radical (unpaired) electrons. The maximum Gasteiger partial charge on any atom is 0.269 e. The second-order valence-corrected chi connectivity index (χ2v) is 9.87. The van der Waals surface area contributed by atoms with Gasteiger partial charge in [0.05, 0.1) is 15.8 Å². The first kappa shape index (κ1) is 22.9. The van der Waals surface area contributed by atoms with Gasteiger partial charge in [-0.05, 0) is 50.1 Å². The lowest BCUT2D eigenvalue weighted by molar-refractivity contribution is 0.0962. The van der Waals surface area contributed by atoms with Gasteiger partial charge in [0.25, 0.3) is 11.5 Å². The van der Waals surface area contributed by atoms with Crippen molar-refractivity contribution in [3.63, 3.8) is 0 Å². The summed E-state index contributed by atoms with van der Waals surface area (Å²) in [4.78, 5) is 30.0. The van der Waals surface area contributed by atoms with Crippen molar-refractivity contribution in [1.29, 1.82) is 0 Å². The molecule has 0 aliphatic carbocycles. The van der Waals surface area contributed by atoms with Crippen LogP contribution >= 0.6 is 0 Å². The first-order chi connectivity index (χ1) is 15.9. The maximum atomic E-state index is 13.1. The predicted octanol–water partition coefficient (Wildman–Crippen LogP) is 2.74. The van der Waals surface area contributed by atoms with Crippen molar-refractivity contribution in [3.8, 4) is 0 Å². The van der Waals surface area contributed by atoms with Crippen LogP contribution in [-0.4, -0.2) is 41.3 Å². The molecule has 2 heterocycles. The smallest absolute Gasteiger partial charge is 0.269 e. The largest absolute Gasteiger partial charge is 0.277 e. The van der Waals surface area contributed by atoms with Crippen molar-refractivity contribution in [3.05, 3.63) is 64.4 Å². The van der Waals surface area contributed by atoms with E-state index < -0.39 is 15.9 Å². The summed E-state index contributed by atoms with van der Waals surface area (Å²) in [6.07, 6.45) is 3.71. The van der Waals surface area contributed by atoms with Crippen LogP contribution in [0.1, 0.15) is 43.0 Å². The number of rotatable bonds is 6. The number of anilines is 1. The molecular weight excluding hydrogens is 442 g/mol. The zero-order valence-electron chi connectivity index (χ0n) is 18.5. The Morgan fingerprint density at radius 3 is 2.48 bits per heavy atom. The number of hydrogen-bond acceptors (Lipinski definition) is 6. The molecule has 33 heavy (non-hydrogen) atoms. The van der Waals surface area contributed by atoms with Crippen molar-refractivity contribution in [2.24, 2.45) is 0 Å².